The van der Waals surface area contributed by atoms with Crippen molar-refractivity contribution in [3.05, 3.63) is 42.1 Å². The van der Waals surface area contributed by atoms with Gasteiger partial charge < -0.3 is 5.11 Å². The first kappa shape index (κ1) is 9.62. The molecule has 2 nitrogen and oxygen atoms in total. The van der Waals surface area contributed by atoms with E-state index >= 15 is 0 Å². The van der Waals surface area contributed by atoms with Gasteiger partial charge in [0.1, 0.15) is 0 Å². The molecule has 72 valence electrons. The van der Waals surface area contributed by atoms with Crippen molar-refractivity contribution in [3.8, 4) is 0 Å². The third-order valence-electron chi connectivity index (χ3n) is 2.16. The highest BCUT2D eigenvalue weighted by atomic mass is 79.9. The molecule has 0 fully saturated rings. The largest absolute Gasteiger partial charge is 0.388 e. The molecule has 0 aliphatic heterocycles. The Bertz CT molecular complexity index is 444. The summed E-state index contributed by atoms with van der Waals surface area (Å²) < 4.78 is 0. The monoisotopic (exact) mass is 251 g/mol. The van der Waals surface area contributed by atoms with Gasteiger partial charge in [0.15, 0.2) is 0 Å². The molecule has 0 radical (unpaired) electrons. The van der Waals surface area contributed by atoms with E-state index in [1.54, 1.807) is 6.20 Å². The Labute approximate surface area is 90.7 Å². The molecule has 1 unspecified atom stereocenters. The van der Waals surface area contributed by atoms with Gasteiger partial charge in [-0.3, -0.25) is 4.98 Å². The van der Waals surface area contributed by atoms with Crippen LogP contribution in [0.1, 0.15) is 11.7 Å². The molecule has 0 saturated carbocycles. The summed E-state index contributed by atoms with van der Waals surface area (Å²) in [5, 5.41) is 11.3. The van der Waals surface area contributed by atoms with Gasteiger partial charge in [0.05, 0.1) is 11.6 Å². The summed E-state index contributed by atoms with van der Waals surface area (Å²) in [7, 11) is 0. The summed E-state index contributed by atoms with van der Waals surface area (Å²) in [5.41, 5.74) is 1.82. The van der Waals surface area contributed by atoms with Crippen molar-refractivity contribution in [1.29, 1.82) is 0 Å². The highest BCUT2D eigenvalue weighted by molar-refractivity contribution is 9.09. The predicted molar refractivity (Wildman–Crippen MR) is 60.5 cm³/mol. The topological polar surface area (TPSA) is 33.1 Å². The molecule has 1 aromatic heterocycles. The van der Waals surface area contributed by atoms with Crippen LogP contribution in [0, 0.1) is 0 Å². The third-order valence-corrected chi connectivity index (χ3v) is 2.77. The second kappa shape index (κ2) is 4.07. The molecule has 1 N–H and O–H groups in total. The van der Waals surface area contributed by atoms with Crippen molar-refractivity contribution in [2.75, 3.05) is 5.33 Å². The molecule has 0 amide bonds. The maximum Gasteiger partial charge on any atom is 0.0887 e. The molecule has 1 atom stereocenters. The zero-order valence-corrected chi connectivity index (χ0v) is 9.11. The number of halogens is 1. The fourth-order valence-electron chi connectivity index (χ4n) is 1.38. The molecule has 0 spiro atoms. The van der Waals surface area contributed by atoms with Crippen molar-refractivity contribution in [3.63, 3.8) is 0 Å². The lowest BCUT2D eigenvalue weighted by atomic mass is 10.1. The minimum Gasteiger partial charge on any atom is -0.388 e. The first-order valence-electron chi connectivity index (χ1n) is 4.40. The van der Waals surface area contributed by atoms with Gasteiger partial charge in [-0.05, 0) is 17.7 Å². The lowest BCUT2D eigenvalue weighted by Gasteiger charge is -2.07. The molecule has 2 rings (SSSR count). The van der Waals surface area contributed by atoms with Crippen molar-refractivity contribution in [2.45, 2.75) is 6.10 Å². The Morgan fingerprint density at radius 2 is 2.21 bits per heavy atom. The number of aromatic nitrogens is 1. The van der Waals surface area contributed by atoms with E-state index in [2.05, 4.69) is 20.9 Å². The second-order valence-corrected chi connectivity index (χ2v) is 3.77. The number of rotatable bonds is 2. The van der Waals surface area contributed by atoms with Gasteiger partial charge in [0, 0.05) is 16.9 Å². The highest BCUT2D eigenvalue weighted by Crippen LogP contribution is 2.19. The average molecular weight is 252 g/mol. The molecule has 1 aromatic carbocycles. The Balaban J connectivity index is 2.51. The molecule has 1 heterocycles. The average Bonchev–Trinajstić information content (AvgIpc) is 2.27. The maximum absolute atomic E-state index is 9.61. The van der Waals surface area contributed by atoms with Gasteiger partial charge in [0.2, 0.25) is 0 Å². The van der Waals surface area contributed by atoms with Crippen molar-refractivity contribution < 1.29 is 5.11 Å². The normalized spacial score (nSPS) is 13.0. The molecule has 0 aliphatic rings. The van der Waals surface area contributed by atoms with Crippen LogP contribution in [0.25, 0.3) is 10.9 Å². The van der Waals surface area contributed by atoms with Crippen LogP contribution >= 0.6 is 15.9 Å². The van der Waals surface area contributed by atoms with Crippen LogP contribution in [0.3, 0.4) is 0 Å². The summed E-state index contributed by atoms with van der Waals surface area (Å²) in [6.07, 6.45) is 1.30. The third kappa shape index (κ3) is 1.79. The van der Waals surface area contributed by atoms with E-state index in [0.717, 1.165) is 16.5 Å². The van der Waals surface area contributed by atoms with Gasteiger partial charge in [-0.1, -0.05) is 34.1 Å². The fraction of sp³-hybridized carbons (Fsp3) is 0.182. The Morgan fingerprint density at radius 3 is 3.00 bits per heavy atom. The van der Waals surface area contributed by atoms with E-state index in [4.69, 9.17) is 0 Å². The van der Waals surface area contributed by atoms with Crippen molar-refractivity contribution >= 4 is 26.8 Å². The number of aliphatic hydroxyl groups is 1. The lowest BCUT2D eigenvalue weighted by molar-refractivity contribution is 0.205. The number of hydrogen-bond acceptors (Lipinski definition) is 2. The summed E-state index contributed by atoms with van der Waals surface area (Å²) >= 11 is 3.25. The lowest BCUT2D eigenvalue weighted by Crippen LogP contribution is -1.97. The Kier molecular flexibility index (Phi) is 2.79. The van der Waals surface area contributed by atoms with Crippen LogP contribution in [0.5, 0.6) is 0 Å². The molecule has 14 heavy (non-hydrogen) atoms. The van der Waals surface area contributed by atoms with Crippen LogP contribution in [0.4, 0.5) is 0 Å². The van der Waals surface area contributed by atoms with Gasteiger partial charge in [-0.2, -0.15) is 0 Å². The minimum absolute atomic E-state index is 0.457. The van der Waals surface area contributed by atoms with E-state index in [1.807, 2.05) is 30.3 Å². The van der Waals surface area contributed by atoms with Gasteiger partial charge in [-0.25, -0.2) is 0 Å². The van der Waals surface area contributed by atoms with Crippen LogP contribution in [-0.4, -0.2) is 15.4 Å². The van der Waals surface area contributed by atoms with Crippen LogP contribution in [-0.2, 0) is 0 Å². The van der Waals surface area contributed by atoms with E-state index in [-0.39, 0.29) is 0 Å². The van der Waals surface area contributed by atoms with E-state index in [9.17, 15) is 5.11 Å². The molecule has 0 aliphatic carbocycles. The first-order chi connectivity index (χ1) is 6.81. The summed E-state index contributed by atoms with van der Waals surface area (Å²) in [4.78, 5) is 4.23. The number of fused-ring (bicyclic) bond motifs is 1. The fourth-order valence-corrected chi connectivity index (χ4v) is 1.75. The Hall–Kier alpha value is -0.930. The van der Waals surface area contributed by atoms with E-state index in [1.165, 1.54) is 0 Å². The van der Waals surface area contributed by atoms with Crippen LogP contribution < -0.4 is 0 Å². The number of aliphatic hydroxyl groups excluding tert-OH is 1. The first-order valence-corrected chi connectivity index (χ1v) is 5.52. The number of alkyl halides is 1. The zero-order valence-electron chi connectivity index (χ0n) is 7.52. The number of hydrogen-bond donors (Lipinski definition) is 1. The number of pyridine rings is 1. The standard InChI is InChI=1S/C11H10BrNO/c12-7-11(14)9-4-3-8-2-1-5-13-10(8)6-9/h1-6,11,14H,7H2. The molecule has 0 bridgehead atoms. The maximum atomic E-state index is 9.61. The summed E-state index contributed by atoms with van der Waals surface area (Å²) in [5.74, 6) is 0. The van der Waals surface area contributed by atoms with Gasteiger partial charge >= 0.3 is 0 Å². The minimum atomic E-state index is -0.457. The summed E-state index contributed by atoms with van der Waals surface area (Å²) in [6, 6.07) is 9.73. The number of benzene rings is 1. The SMILES string of the molecule is OC(CBr)c1ccc2cccnc2c1. The van der Waals surface area contributed by atoms with Crippen LogP contribution in [0.15, 0.2) is 36.5 Å². The quantitative estimate of drug-likeness (QED) is 0.833. The number of nitrogens with zero attached hydrogens (tertiary/aromatic N) is 1. The van der Waals surface area contributed by atoms with E-state index in [0.29, 0.717) is 5.33 Å². The van der Waals surface area contributed by atoms with Crippen molar-refractivity contribution in [2.24, 2.45) is 0 Å². The second-order valence-electron chi connectivity index (χ2n) is 3.13. The predicted octanol–water partition coefficient (Wildman–Crippen LogP) is 2.66. The molecular formula is C11H10BrNO. The molecule has 0 saturated heterocycles. The highest BCUT2D eigenvalue weighted by Gasteiger charge is 2.05. The van der Waals surface area contributed by atoms with Crippen molar-refractivity contribution in [1.82, 2.24) is 4.98 Å². The summed E-state index contributed by atoms with van der Waals surface area (Å²) in [6.45, 7) is 0. The Morgan fingerprint density at radius 1 is 1.36 bits per heavy atom. The molecule has 2 aromatic rings. The molecular weight excluding hydrogens is 242 g/mol. The smallest absolute Gasteiger partial charge is 0.0887 e. The van der Waals surface area contributed by atoms with E-state index < -0.39 is 6.10 Å². The molecule has 3 heteroatoms. The van der Waals surface area contributed by atoms with Gasteiger partial charge in [-0.15, -0.1) is 0 Å². The van der Waals surface area contributed by atoms with Gasteiger partial charge in [0.25, 0.3) is 0 Å². The van der Waals surface area contributed by atoms with Crippen LogP contribution in [0.2, 0.25) is 0 Å². The zero-order chi connectivity index (χ0) is 9.97.